The largest absolute Gasteiger partial charge is 0.199 e. The molecule has 34 heavy (non-hydrogen) atoms. The van der Waals surface area contributed by atoms with Crippen molar-refractivity contribution < 1.29 is 4.39 Å². The summed E-state index contributed by atoms with van der Waals surface area (Å²) in [5.41, 5.74) is 3.09. The first-order chi connectivity index (χ1) is 16.7. The molecule has 2 saturated carbocycles. The van der Waals surface area contributed by atoms with Crippen LogP contribution in [0.4, 0.5) is 4.39 Å². The Balaban J connectivity index is 1.27. The summed E-state index contributed by atoms with van der Waals surface area (Å²) < 4.78 is 12.8. The molecule has 3 rings (SSSR count). The minimum Gasteiger partial charge on any atom is -0.195 e. The first-order valence-corrected chi connectivity index (χ1v) is 14.2. The zero-order valence-electron chi connectivity index (χ0n) is 21.5. The van der Waals surface area contributed by atoms with Crippen LogP contribution < -0.4 is 0 Å². The van der Waals surface area contributed by atoms with Gasteiger partial charge >= 0.3 is 0 Å². The van der Waals surface area contributed by atoms with Gasteiger partial charge in [0, 0.05) is 0 Å². The van der Waals surface area contributed by atoms with Gasteiger partial charge in [0.1, 0.15) is 6.07 Å². The topological polar surface area (TPSA) is 23.8 Å². The van der Waals surface area contributed by atoms with E-state index in [2.05, 4.69) is 31.2 Å². The maximum atomic E-state index is 12.8. The lowest BCUT2D eigenvalue weighted by Crippen LogP contribution is -2.17. The van der Waals surface area contributed by atoms with Crippen molar-refractivity contribution >= 4 is 0 Å². The highest BCUT2D eigenvalue weighted by molar-refractivity contribution is 5.26. The molecular formula is C32H46FN. The molecule has 0 atom stereocenters. The van der Waals surface area contributed by atoms with Gasteiger partial charge in [-0.3, -0.25) is 0 Å². The van der Waals surface area contributed by atoms with Crippen molar-refractivity contribution in [3.05, 3.63) is 59.4 Å². The van der Waals surface area contributed by atoms with Crippen molar-refractivity contribution in [2.75, 3.05) is 0 Å². The van der Waals surface area contributed by atoms with Gasteiger partial charge in [-0.25, -0.2) is 0 Å². The molecule has 0 radical (unpaired) electrons. The molecule has 0 amide bonds. The van der Waals surface area contributed by atoms with E-state index < -0.39 is 5.83 Å². The van der Waals surface area contributed by atoms with Gasteiger partial charge < -0.3 is 0 Å². The summed E-state index contributed by atoms with van der Waals surface area (Å²) in [6, 6.07) is 11.1. The highest BCUT2D eigenvalue weighted by Gasteiger charge is 2.25. The first-order valence-electron chi connectivity index (χ1n) is 14.2. The fourth-order valence-corrected chi connectivity index (χ4v) is 6.22. The minimum absolute atomic E-state index is 0.711. The lowest BCUT2D eigenvalue weighted by molar-refractivity contribution is 0.225. The summed E-state index contributed by atoms with van der Waals surface area (Å²) in [6.07, 6.45) is 26.4. The second-order valence-electron chi connectivity index (χ2n) is 11.0. The average Bonchev–Trinajstić information content (AvgIpc) is 2.89. The maximum Gasteiger partial charge on any atom is 0.199 e. The van der Waals surface area contributed by atoms with Gasteiger partial charge in [-0.15, -0.1) is 0 Å². The van der Waals surface area contributed by atoms with Crippen LogP contribution in [0, 0.1) is 29.1 Å². The van der Waals surface area contributed by atoms with Crippen molar-refractivity contribution in [1.82, 2.24) is 0 Å². The van der Waals surface area contributed by atoms with Crippen LogP contribution in [-0.2, 0) is 6.42 Å². The third-order valence-electron chi connectivity index (χ3n) is 8.54. The number of benzene rings is 1. The fraction of sp³-hybridized carbons (Fsp3) is 0.656. The summed E-state index contributed by atoms with van der Waals surface area (Å²) >= 11 is 0. The Morgan fingerprint density at radius 3 is 2.06 bits per heavy atom. The summed E-state index contributed by atoms with van der Waals surface area (Å²) in [7, 11) is 0. The Morgan fingerprint density at radius 2 is 1.47 bits per heavy atom. The molecule has 0 saturated heterocycles. The second-order valence-corrected chi connectivity index (χ2v) is 11.0. The van der Waals surface area contributed by atoms with E-state index >= 15 is 0 Å². The molecule has 0 bridgehead atoms. The molecule has 1 nitrogen and oxygen atoms in total. The lowest BCUT2D eigenvalue weighted by atomic mass is 9.74. The van der Waals surface area contributed by atoms with Crippen LogP contribution in [0.1, 0.15) is 120 Å². The van der Waals surface area contributed by atoms with Gasteiger partial charge in [-0.2, -0.15) is 9.65 Å². The molecule has 0 aliphatic heterocycles. The highest BCUT2D eigenvalue weighted by atomic mass is 19.1. The Labute approximate surface area is 208 Å². The number of halogens is 1. The number of unbranched alkanes of at least 4 members (excludes halogenated alkanes) is 2. The van der Waals surface area contributed by atoms with E-state index in [9.17, 15) is 4.39 Å². The first kappa shape index (κ1) is 26.7. The Morgan fingerprint density at radius 1 is 0.882 bits per heavy atom. The summed E-state index contributed by atoms with van der Waals surface area (Å²) in [6.45, 7) is 2.27. The average molecular weight is 464 g/mol. The number of nitriles is 1. The van der Waals surface area contributed by atoms with Gasteiger partial charge in [0.2, 0.25) is 0 Å². The summed E-state index contributed by atoms with van der Waals surface area (Å²) in [4.78, 5) is 0. The molecule has 2 aliphatic carbocycles. The van der Waals surface area contributed by atoms with Crippen LogP contribution >= 0.6 is 0 Å². The number of rotatable bonds is 12. The molecule has 0 unspecified atom stereocenters. The molecule has 186 valence electrons. The van der Waals surface area contributed by atoms with E-state index in [0.717, 1.165) is 30.1 Å². The zero-order valence-corrected chi connectivity index (χ0v) is 21.5. The molecule has 1 aromatic rings. The molecule has 0 aromatic heterocycles. The summed E-state index contributed by atoms with van der Waals surface area (Å²) in [5.74, 6) is 2.81. The van der Waals surface area contributed by atoms with E-state index in [4.69, 9.17) is 5.26 Å². The van der Waals surface area contributed by atoms with Gasteiger partial charge in [-0.05, 0) is 92.2 Å². The normalized spacial score (nSPS) is 26.0. The standard InChI is InChI=1S/C32H46FN/c1-2-3-5-8-27-17-21-30(22-18-27)31-23-19-29(20-24-31)16-15-28-13-11-26(12-14-28)9-6-4-7-10-32(33)25-34/h4,7,10,17-18,21-22,26,28-29,31H,2-3,5-6,8-9,11-16,19-20,23-24H2,1H3. The third-order valence-corrected chi connectivity index (χ3v) is 8.54. The smallest absolute Gasteiger partial charge is 0.195 e. The third kappa shape index (κ3) is 9.40. The van der Waals surface area contributed by atoms with Crippen LogP contribution in [0.2, 0.25) is 0 Å². The zero-order chi connectivity index (χ0) is 24.0. The van der Waals surface area contributed by atoms with Crippen LogP contribution in [0.15, 0.2) is 48.3 Å². The van der Waals surface area contributed by atoms with Crippen molar-refractivity contribution in [3.63, 3.8) is 0 Å². The minimum atomic E-state index is -0.711. The molecular weight excluding hydrogens is 417 g/mol. The van der Waals surface area contributed by atoms with E-state index in [1.54, 1.807) is 11.6 Å². The lowest BCUT2D eigenvalue weighted by Gasteiger charge is -2.32. The molecule has 1 aromatic carbocycles. The maximum absolute atomic E-state index is 12.8. The predicted octanol–water partition coefficient (Wildman–Crippen LogP) is 9.99. The molecule has 2 aliphatic rings. The van der Waals surface area contributed by atoms with Gasteiger partial charge in [0.15, 0.2) is 5.83 Å². The van der Waals surface area contributed by atoms with Crippen LogP contribution in [-0.4, -0.2) is 0 Å². The van der Waals surface area contributed by atoms with Crippen LogP contribution in [0.3, 0.4) is 0 Å². The number of allylic oxidation sites excluding steroid dienone is 4. The van der Waals surface area contributed by atoms with E-state index in [1.165, 1.54) is 114 Å². The number of nitrogens with zero attached hydrogens (tertiary/aromatic N) is 1. The van der Waals surface area contributed by atoms with Gasteiger partial charge in [-0.1, -0.05) is 94.7 Å². The van der Waals surface area contributed by atoms with Gasteiger partial charge in [0.05, 0.1) is 0 Å². The number of aryl methyl sites for hydroxylation is 1. The molecule has 2 fully saturated rings. The quantitative estimate of drug-likeness (QED) is 0.172. The van der Waals surface area contributed by atoms with E-state index in [0.29, 0.717) is 0 Å². The fourth-order valence-electron chi connectivity index (χ4n) is 6.22. The van der Waals surface area contributed by atoms with Crippen molar-refractivity contribution in [3.8, 4) is 6.07 Å². The predicted molar refractivity (Wildman–Crippen MR) is 142 cm³/mol. The van der Waals surface area contributed by atoms with Crippen molar-refractivity contribution in [2.24, 2.45) is 17.8 Å². The number of hydrogen-bond donors (Lipinski definition) is 0. The van der Waals surface area contributed by atoms with Crippen molar-refractivity contribution in [1.29, 1.82) is 5.26 Å². The SMILES string of the molecule is CCCCCc1ccc(C2CCC(CCC3CCC(CCC=CC=C(F)C#N)CC3)CC2)cc1. The molecule has 0 heterocycles. The van der Waals surface area contributed by atoms with Crippen LogP contribution in [0.25, 0.3) is 0 Å². The molecule has 2 heteroatoms. The molecule has 0 spiro atoms. The Kier molecular flexibility index (Phi) is 11.9. The van der Waals surface area contributed by atoms with E-state index in [1.807, 2.05) is 6.08 Å². The molecule has 0 N–H and O–H groups in total. The van der Waals surface area contributed by atoms with Crippen LogP contribution in [0.5, 0.6) is 0 Å². The monoisotopic (exact) mass is 463 g/mol. The van der Waals surface area contributed by atoms with Gasteiger partial charge in [0.25, 0.3) is 0 Å². The summed E-state index contributed by atoms with van der Waals surface area (Å²) in [5, 5.41) is 8.41. The number of hydrogen-bond acceptors (Lipinski definition) is 1. The van der Waals surface area contributed by atoms with Crippen molar-refractivity contribution in [2.45, 2.75) is 116 Å². The van der Waals surface area contributed by atoms with E-state index in [-0.39, 0.29) is 0 Å². The Bertz CT molecular complexity index is 783. The second kappa shape index (κ2) is 15.2. The highest BCUT2D eigenvalue weighted by Crippen LogP contribution is 2.40. The Hall–Kier alpha value is -1.88.